The fraction of sp³-hybridized carbons (Fsp3) is 0.600. The number of hydrogen-bond donors (Lipinski definition) is 0. The quantitative estimate of drug-likeness (QED) is 0.510. The molecule has 0 radical (unpaired) electrons. The van der Waals surface area contributed by atoms with E-state index in [-0.39, 0.29) is 0 Å². The third-order valence-corrected chi connectivity index (χ3v) is 1.85. The molecule has 0 N–H and O–H groups in total. The molecular weight excluding hydrogens is 108 g/mol. The average molecular weight is 116 g/mol. The van der Waals surface area contributed by atoms with Crippen LogP contribution in [0.15, 0.2) is 12.3 Å². The number of hydrogen-bond acceptors (Lipinski definition) is 2. The van der Waals surface area contributed by atoms with E-state index < -0.39 is 0 Å². The Labute approximate surface area is 47.7 Å². The minimum absolute atomic E-state index is 0.611. The van der Waals surface area contributed by atoms with E-state index in [1.807, 2.05) is 11.8 Å². The first-order valence-corrected chi connectivity index (χ1v) is 3.53. The number of ether oxygens (including phenoxy) is 1. The minimum Gasteiger partial charge on any atom is -0.500 e. The van der Waals surface area contributed by atoms with Crippen LogP contribution in [0, 0.1) is 0 Å². The SMILES string of the molecule is CSC1C=COC1. The first-order chi connectivity index (χ1) is 3.43. The lowest BCUT2D eigenvalue weighted by molar-refractivity contribution is 0.284. The van der Waals surface area contributed by atoms with Crippen LogP contribution in [0.5, 0.6) is 0 Å². The Balaban J connectivity index is 2.28. The molecule has 2 heteroatoms. The zero-order chi connectivity index (χ0) is 5.11. The third-order valence-electron chi connectivity index (χ3n) is 0.953. The van der Waals surface area contributed by atoms with Gasteiger partial charge in [-0.2, -0.15) is 11.8 Å². The Morgan fingerprint density at radius 2 is 2.71 bits per heavy atom. The van der Waals surface area contributed by atoms with E-state index in [0.29, 0.717) is 5.25 Å². The van der Waals surface area contributed by atoms with E-state index in [1.165, 1.54) is 0 Å². The zero-order valence-corrected chi connectivity index (χ0v) is 5.07. The summed E-state index contributed by atoms with van der Waals surface area (Å²) < 4.78 is 4.95. The summed E-state index contributed by atoms with van der Waals surface area (Å²) in [6.07, 6.45) is 5.93. The van der Waals surface area contributed by atoms with E-state index in [2.05, 4.69) is 12.3 Å². The van der Waals surface area contributed by atoms with Crippen LogP contribution in [0.4, 0.5) is 0 Å². The van der Waals surface area contributed by atoms with Crippen molar-refractivity contribution in [1.29, 1.82) is 0 Å². The lowest BCUT2D eigenvalue weighted by atomic mass is 10.5. The molecule has 0 bridgehead atoms. The van der Waals surface area contributed by atoms with Gasteiger partial charge in [0.2, 0.25) is 0 Å². The van der Waals surface area contributed by atoms with Crippen molar-refractivity contribution in [3.05, 3.63) is 12.3 Å². The minimum atomic E-state index is 0.611. The molecule has 0 aromatic carbocycles. The van der Waals surface area contributed by atoms with Gasteiger partial charge in [-0.05, 0) is 12.3 Å². The summed E-state index contributed by atoms with van der Waals surface area (Å²) in [5.74, 6) is 0. The summed E-state index contributed by atoms with van der Waals surface area (Å²) in [6.45, 7) is 0.862. The Kier molecular flexibility index (Phi) is 1.63. The van der Waals surface area contributed by atoms with Crippen LogP contribution in [0.2, 0.25) is 0 Å². The van der Waals surface area contributed by atoms with E-state index in [1.54, 1.807) is 6.26 Å². The van der Waals surface area contributed by atoms with Gasteiger partial charge in [0, 0.05) is 0 Å². The highest BCUT2D eigenvalue weighted by Crippen LogP contribution is 2.12. The van der Waals surface area contributed by atoms with Crippen LogP contribution in [0.1, 0.15) is 0 Å². The maximum atomic E-state index is 4.95. The van der Waals surface area contributed by atoms with Crippen LogP contribution in [0.25, 0.3) is 0 Å². The molecule has 0 aromatic rings. The maximum absolute atomic E-state index is 4.95. The molecule has 1 unspecified atom stereocenters. The Morgan fingerprint density at radius 3 is 3.00 bits per heavy atom. The van der Waals surface area contributed by atoms with Gasteiger partial charge in [0.15, 0.2) is 0 Å². The smallest absolute Gasteiger partial charge is 0.103 e. The summed E-state index contributed by atoms with van der Waals surface area (Å²) in [5, 5.41) is 0.611. The summed E-state index contributed by atoms with van der Waals surface area (Å²) in [7, 11) is 0. The zero-order valence-electron chi connectivity index (χ0n) is 4.26. The largest absolute Gasteiger partial charge is 0.500 e. The van der Waals surface area contributed by atoms with Gasteiger partial charge in [-0.15, -0.1) is 0 Å². The predicted octanol–water partition coefficient (Wildman–Crippen LogP) is 1.26. The van der Waals surface area contributed by atoms with Gasteiger partial charge in [0.25, 0.3) is 0 Å². The Morgan fingerprint density at radius 1 is 1.86 bits per heavy atom. The monoisotopic (exact) mass is 116 g/mol. The lowest BCUT2D eigenvalue weighted by Crippen LogP contribution is -1.97. The molecule has 1 rings (SSSR count). The van der Waals surface area contributed by atoms with Crippen LogP contribution in [-0.4, -0.2) is 18.1 Å². The Hall–Kier alpha value is -0.110. The van der Waals surface area contributed by atoms with Gasteiger partial charge in [-0.3, -0.25) is 0 Å². The molecule has 0 saturated heterocycles. The average Bonchev–Trinajstić information content (AvgIpc) is 2.14. The summed E-state index contributed by atoms with van der Waals surface area (Å²) in [6, 6.07) is 0. The van der Waals surface area contributed by atoms with Gasteiger partial charge in [0.1, 0.15) is 6.61 Å². The molecule has 0 aromatic heterocycles. The van der Waals surface area contributed by atoms with Gasteiger partial charge in [-0.1, -0.05) is 0 Å². The van der Waals surface area contributed by atoms with E-state index in [0.717, 1.165) is 6.61 Å². The molecule has 1 heterocycles. The fourth-order valence-electron chi connectivity index (χ4n) is 0.496. The first-order valence-electron chi connectivity index (χ1n) is 2.24. The molecule has 1 aliphatic rings. The Bertz CT molecular complexity index is 80.1. The second-order valence-corrected chi connectivity index (χ2v) is 2.51. The second kappa shape index (κ2) is 2.26. The van der Waals surface area contributed by atoms with Crippen LogP contribution >= 0.6 is 11.8 Å². The maximum Gasteiger partial charge on any atom is 0.103 e. The standard InChI is InChI=1S/C5H8OS/c1-7-5-2-3-6-4-5/h2-3,5H,4H2,1H3. The summed E-state index contributed by atoms with van der Waals surface area (Å²) in [5.41, 5.74) is 0. The first kappa shape index (κ1) is 5.04. The molecule has 7 heavy (non-hydrogen) atoms. The number of rotatable bonds is 1. The third kappa shape index (κ3) is 1.13. The predicted molar refractivity (Wildman–Crippen MR) is 32.4 cm³/mol. The van der Waals surface area contributed by atoms with E-state index in [9.17, 15) is 0 Å². The molecule has 1 atom stereocenters. The molecule has 0 aliphatic carbocycles. The van der Waals surface area contributed by atoms with Gasteiger partial charge in [-0.25, -0.2) is 0 Å². The van der Waals surface area contributed by atoms with E-state index in [4.69, 9.17) is 4.74 Å². The molecule has 40 valence electrons. The summed E-state index contributed by atoms with van der Waals surface area (Å²) in [4.78, 5) is 0. The van der Waals surface area contributed by atoms with Crippen molar-refractivity contribution in [2.75, 3.05) is 12.9 Å². The molecular formula is C5H8OS. The molecule has 0 saturated carbocycles. The van der Waals surface area contributed by atoms with Gasteiger partial charge in [0.05, 0.1) is 11.5 Å². The highest BCUT2D eigenvalue weighted by Gasteiger charge is 2.05. The van der Waals surface area contributed by atoms with Gasteiger partial charge < -0.3 is 4.74 Å². The molecule has 0 fully saturated rings. The topological polar surface area (TPSA) is 9.23 Å². The molecule has 0 spiro atoms. The van der Waals surface area contributed by atoms with Gasteiger partial charge >= 0.3 is 0 Å². The molecule has 1 nitrogen and oxygen atoms in total. The van der Waals surface area contributed by atoms with Crippen LogP contribution < -0.4 is 0 Å². The fourth-order valence-corrected chi connectivity index (χ4v) is 0.932. The normalized spacial score (nSPS) is 27.9. The number of thioether (sulfide) groups is 1. The second-order valence-electron chi connectivity index (χ2n) is 1.44. The van der Waals surface area contributed by atoms with Crippen LogP contribution in [0.3, 0.4) is 0 Å². The van der Waals surface area contributed by atoms with Crippen molar-refractivity contribution in [1.82, 2.24) is 0 Å². The van der Waals surface area contributed by atoms with Crippen molar-refractivity contribution < 1.29 is 4.74 Å². The van der Waals surface area contributed by atoms with Crippen molar-refractivity contribution >= 4 is 11.8 Å². The highest BCUT2D eigenvalue weighted by molar-refractivity contribution is 7.99. The molecule has 0 amide bonds. The van der Waals surface area contributed by atoms with Crippen LogP contribution in [-0.2, 0) is 4.74 Å². The van der Waals surface area contributed by atoms with Crippen molar-refractivity contribution in [3.63, 3.8) is 0 Å². The summed E-state index contributed by atoms with van der Waals surface area (Å²) >= 11 is 1.82. The molecule has 1 aliphatic heterocycles. The van der Waals surface area contributed by atoms with Crippen molar-refractivity contribution in [3.8, 4) is 0 Å². The highest BCUT2D eigenvalue weighted by atomic mass is 32.2. The lowest BCUT2D eigenvalue weighted by Gasteiger charge is -1.97. The van der Waals surface area contributed by atoms with E-state index >= 15 is 0 Å². The van der Waals surface area contributed by atoms with Crippen molar-refractivity contribution in [2.45, 2.75) is 5.25 Å². The van der Waals surface area contributed by atoms with Crippen molar-refractivity contribution in [2.24, 2.45) is 0 Å².